The van der Waals surface area contributed by atoms with Gasteiger partial charge in [0.1, 0.15) is 12.4 Å². The third kappa shape index (κ3) is 4.85. The molecule has 1 aliphatic heterocycles. The Bertz CT molecular complexity index is 1300. The summed E-state index contributed by atoms with van der Waals surface area (Å²) in [4.78, 5) is 49.6. The Morgan fingerprint density at radius 1 is 1.06 bits per heavy atom. The first-order valence-electron chi connectivity index (χ1n) is 9.64. The number of carbonyl (C=O) groups excluding carboxylic acids is 3. The van der Waals surface area contributed by atoms with Gasteiger partial charge in [0.25, 0.3) is 11.1 Å². The van der Waals surface area contributed by atoms with Crippen LogP contribution in [0.3, 0.4) is 0 Å². The number of benzene rings is 2. The fraction of sp³-hybridized carbons (Fsp3) is 0.0435. The minimum atomic E-state index is -1.06. The van der Waals surface area contributed by atoms with Crippen LogP contribution >= 0.6 is 11.8 Å². The minimum Gasteiger partial charge on any atom is -0.478 e. The highest BCUT2D eigenvalue weighted by Gasteiger charge is 2.36. The topological polar surface area (TPSA) is 109 Å². The van der Waals surface area contributed by atoms with Gasteiger partial charge in [0, 0.05) is 23.3 Å². The lowest BCUT2D eigenvalue weighted by Crippen LogP contribution is -2.36. The van der Waals surface area contributed by atoms with Crippen molar-refractivity contribution in [2.45, 2.75) is 0 Å². The third-order valence-electron chi connectivity index (χ3n) is 4.73. The van der Waals surface area contributed by atoms with Crippen molar-refractivity contribution < 1.29 is 28.7 Å². The molecule has 166 valence electrons. The maximum absolute atomic E-state index is 13.0. The second-order valence-corrected chi connectivity index (χ2v) is 7.97. The van der Waals surface area contributed by atoms with Gasteiger partial charge in [-0.05, 0) is 72.4 Å². The Kier molecular flexibility index (Phi) is 6.09. The second kappa shape index (κ2) is 9.13. The summed E-state index contributed by atoms with van der Waals surface area (Å²) in [6.07, 6.45) is 3.21. The number of halogens is 1. The molecule has 33 heavy (non-hydrogen) atoms. The Morgan fingerprint density at radius 2 is 1.82 bits per heavy atom. The van der Waals surface area contributed by atoms with Crippen LogP contribution in [0.1, 0.15) is 16.1 Å². The number of nitrogens with zero attached hydrogens (tertiary/aromatic N) is 2. The summed E-state index contributed by atoms with van der Waals surface area (Å²) in [6, 6.07) is 14.8. The molecule has 1 saturated heterocycles. The number of amides is 3. The third-order valence-corrected chi connectivity index (χ3v) is 5.64. The molecule has 1 fully saturated rings. The number of thioether (sulfide) groups is 1. The van der Waals surface area contributed by atoms with Crippen molar-refractivity contribution in [1.82, 2.24) is 9.47 Å². The van der Waals surface area contributed by atoms with Gasteiger partial charge in [-0.15, -0.1) is 0 Å². The molecular weight excluding hydrogens is 449 g/mol. The molecule has 1 aliphatic rings. The SMILES string of the molecule is O=C(CN1C(=O)S/C(=C\c2cccn2-c2cccc(C(=O)O)c2)C1=O)Nc1ccc(F)cc1. The summed E-state index contributed by atoms with van der Waals surface area (Å²) < 4.78 is 14.7. The quantitative estimate of drug-likeness (QED) is 0.533. The van der Waals surface area contributed by atoms with Gasteiger partial charge in [-0.1, -0.05) is 6.07 Å². The molecule has 8 nitrogen and oxygen atoms in total. The largest absolute Gasteiger partial charge is 0.478 e. The van der Waals surface area contributed by atoms with Crippen molar-refractivity contribution in [3.8, 4) is 5.69 Å². The molecule has 0 bridgehead atoms. The number of hydrogen-bond acceptors (Lipinski definition) is 5. The summed E-state index contributed by atoms with van der Waals surface area (Å²) in [5.41, 5.74) is 1.58. The normalized spacial score (nSPS) is 14.7. The molecule has 0 spiro atoms. The van der Waals surface area contributed by atoms with E-state index in [0.29, 0.717) is 28.8 Å². The van der Waals surface area contributed by atoms with E-state index in [1.54, 1.807) is 35.0 Å². The van der Waals surface area contributed by atoms with Gasteiger partial charge < -0.3 is 15.0 Å². The number of imide groups is 1. The highest BCUT2D eigenvalue weighted by atomic mass is 32.2. The number of rotatable bonds is 6. The average Bonchev–Trinajstić information content (AvgIpc) is 3.35. The summed E-state index contributed by atoms with van der Waals surface area (Å²) in [5, 5.41) is 11.1. The van der Waals surface area contributed by atoms with Crippen molar-refractivity contribution in [3.63, 3.8) is 0 Å². The minimum absolute atomic E-state index is 0.111. The molecule has 0 aliphatic carbocycles. The zero-order chi connectivity index (χ0) is 23.5. The Balaban J connectivity index is 1.51. The standard InChI is InChI=1S/C23H16FN3O5S/c24-15-6-8-16(9-7-15)25-20(28)13-27-21(29)19(33-23(27)32)12-18-5-2-10-26(18)17-4-1-3-14(11-17)22(30)31/h1-12H,13H2,(H,25,28)(H,30,31)/b19-12-. The van der Waals surface area contributed by atoms with E-state index in [-0.39, 0.29) is 10.5 Å². The lowest BCUT2D eigenvalue weighted by Gasteiger charge is -2.12. The van der Waals surface area contributed by atoms with Crippen LogP contribution in [-0.2, 0) is 9.59 Å². The van der Waals surface area contributed by atoms with E-state index in [1.165, 1.54) is 42.5 Å². The zero-order valence-electron chi connectivity index (χ0n) is 16.9. The first kappa shape index (κ1) is 22.0. The van der Waals surface area contributed by atoms with Crippen LogP contribution in [-0.4, -0.2) is 44.1 Å². The van der Waals surface area contributed by atoms with Gasteiger partial charge in [0.15, 0.2) is 0 Å². The molecule has 2 N–H and O–H groups in total. The maximum Gasteiger partial charge on any atom is 0.335 e. The van der Waals surface area contributed by atoms with Crippen LogP contribution in [0.5, 0.6) is 0 Å². The highest BCUT2D eigenvalue weighted by Crippen LogP contribution is 2.32. The summed E-state index contributed by atoms with van der Waals surface area (Å²) in [7, 11) is 0. The van der Waals surface area contributed by atoms with Gasteiger partial charge in [-0.3, -0.25) is 19.3 Å². The number of aromatic carboxylic acids is 1. The Labute approximate surface area is 191 Å². The molecule has 4 rings (SSSR count). The number of nitrogens with one attached hydrogen (secondary N) is 1. The van der Waals surface area contributed by atoms with Crippen LogP contribution in [0.4, 0.5) is 14.9 Å². The lowest BCUT2D eigenvalue weighted by atomic mass is 10.2. The van der Waals surface area contributed by atoms with E-state index >= 15 is 0 Å². The van der Waals surface area contributed by atoms with Crippen LogP contribution in [0.15, 0.2) is 71.8 Å². The van der Waals surface area contributed by atoms with Crippen LogP contribution < -0.4 is 5.32 Å². The number of aromatic nitrogens is 1. The summed E-state index contributed by atoms with van der Waals surface area (Å²) >= 11 is 0.704. The molecule has 3 amide bonds. The van der Waals surface area contributed by atoms with Crippen molar-refractivity contribution in [3.05, 3.63) is 88.8 Å². The fourth-order valence-corrected chi connectivity index (χ4v) is 4.01. The molecule has 0 radical (unpaired) electrons. The molecule has 0 unspecified atom stereocenters. The molecule has 1 aromatic heterocycles. The van der Waals surface area contributed by atoms with E-state index in [0.717, 1.165) is 4.90 Å². The molecule has 3 aromatic rings. The van der Waals surface area contributed by atoms with Crippen molar-refractivity contribution in [2.75, 3.05) is 11.9 Å². The zero-order valence-corrected chi connectivity index (χ0v) is 17.7. The van der Waals surface area contributed by atoms with E-state index in [1.807, 2.05) is 0 Å². The van der Waals surface area contributed by atoms with Gasteiger partial charge in [0.05, 0.1) is 10.5 Å². The second-order valence-electron chi connectivity index (χ2n) is 6.98. The number of carboxylic acids is 1. The van der Waals surface area contributed by atoms with Crippen molar-refractivity contribution >= 4 is 46.5 Å². The highest BCUT2D eigenvalue weighted by molar-refractivity contribution is 8.18. The van der Waals surface area contributed by atoms with E-state index < -0.39 is 35.4 Å². The van der Waals surface area contributed by atoms with Crippen molar-refractivity contribution in [2.24, 2.45) is 0 Å². The molecule has 10 heteroatoms. The van der Waals surface area contributed by atoms with Crippen LogP contribution in [0.25, 0.3) is 11.8 Å². The molecule has 2 aromatic carbocycles. The van der Waals surface area contributed by atoms with Crippen molar-refractivity contribution in [1.29, 1.82) is 0 Å². The van der Waals surface area contributed by atoms with E-state index in [9.17, 15) is 28.7 Å². The van der Waals surface area contributed by atoms with Gasteiger partial charge in [-0.25, -0.2) is 9.18 Å². The summed E-state index contributed by atoms with van der Waals surface area (Å²) in [6.45, 7) is -0.485. The fourth-order valence-electron chi connectivity index (χ4n) is 3.18. The molecular formula is C23H16FN3O5S. The first-order valence-corrected chi connectivity index (χ1v) is 10.5. The number of carbonyl (C=O) groups is 4. The van der Waals surface area contributed by atoms with E-state index in [2.05, 4.69) is 5.32 Å². The molecule has 2 heterocycles. The monoisotopic (exact) mass is 465 g/mol. The van der Waals surface area contributed by atoms with Gasteiger partial charge in [0.2, 0.25) is 5.91 Å². The van der Waals surface area contributed by atoms with Gasteiger partial charge in [-0.2, -0.15) is 0 Å². The van der Waals surface area contributed by atoms with Crippen LogP contribution in [0.2, 0.25) is 0 Å². The lowest BCUT2D eigenvalue weighted by molar-refractivity contribution is -0.127. The molecule has 0 atom stereocenters. The Hall–Kier alpha value is -4.18. The predicted molar refractivity (Wildman–Crippen MR) is 120 cm³/mol. The van der Waals surface area contributed by atoms with Crippen LogP contribution in [0, 0.1) is 5.82 Å². The first-order chi connectivity index (χ1) is 15.8. The summed E-state index contributed by atoms with van der Waals surface area (Å²) in [5.74, 6) is -2.74. The smallest absolute Gasteiger partial charge is 0.335 e. The maximum atomic E-state index is 13.0. The van der Waals surface area contributed by atoms with E-state index in [4.69, 9.17) is 0 Å². The molecule has 0 saturated carbocycles. The average molecular weight is 465 g/mol. The predicted octanol–water partition coefficient (Wildman–Crippen LogP) is 3.99. The van der Waals surface area contributed by atoms with Gasteiger partial charge >= 0.3 is 5.97 Å². The number of anilines is 1. The number of carboxylic acid groups (broad SMARTS) is 1. The Morgan fingerprint density at radius 3 is 2.55 bits per heavy atom. The number of hydrogen-bond donors (Lipinski definition) is 2.